The number of fused-ring (bicyclic) bond motifs is 1. The van der Waals surface area contributed by atoms with E-state index in [9.17, 15) is 4.79 Å². The molecule has 0 bridgehead atoms. The van der Waals surface area contributed by atoms with Gasteiger partial charge < -0.3 is 20.1 Å². The van der Waals surface area contributed by atoms with E-state index < -0.39 is 11.8 Å². The second-order valence-corrected chi connectivity index (χ2v) is 9.12. The molecule has 5 aromatic rings. The minimum atomic E-state index is -0.636. The highest BCUT2D eigenvalue weighted by molar-refractivity contribution is 6.02. The van der Waals surface area contributed by atoms with Crippen LogP contribution in [0.2, 0.25) is 0 Å². The Bertz CT molecular complexity index is 1610. The number of amides is 2. The van der Waals surface area contributed by atoms with Crippen molar-refractivity contribution < 1.29 is 13.7 Å². The summed E-state index contributed by atoms with van der Waals surface area (Å²) in [6.07, 6.45) is 5.31. The third-order valence-electron chi connectivity index (χ3n) is 6.54. The molecule has 0 saturated heterocycles. The maximum absolute atomic E-state index is 15.1. The Morgan fingerprint density at radius 2 is 1.92 bits per heavy atom. The number of carbonyl (C=O) groups is 1. The van der Waals surface area contributed by atoms with Gasteiger partial charge in [0.05, 0.1) is 16.8 Å². The summed E-state index contributed by atoms with van der Waals surface area (Å²) in [5.74, 6) is -0.113. The predicted molar refractivity (Wildman–Crippen MR) is 134 cm³/mol. The van der Waals surface area contributed by atoms with Gasteiger partial charge in [0.1, 0.15) is 18.0 Å². The maximum Gasteiger partial charge on any atom is 0.326 e. The molecule has 3 heterocycles. The quantitative estimate of drug-likeness (QED) is 0.304. The van der Waals surface area contributed by atoms with E-state index in [1.807, 2.05) is 41.1 Å². The standard InChI is InChI=1S/C26H22FN7O2/c1-26(9-10-26)20-12-21(36-33-20)32-25(35)31-19-8-7-15(11-18(19)27)17-13-34(16-5-3-2-4-6-16)24-22(17)23(28)29-14-30-24/h2-8,11-14H,9-10H2,1H3,(H2,28,29,30)(H2,31,32,35). The SMILES string of the molecule is CC1(c2cc(NC(=O)Nc3ccc(-c4cn(-c5ccccc5)c5ncnc(N)c45)cc3F)on2)CC1. The molecule has 2 amide bonds. The Hall–Kier alpha value is -4.73. The summed E-state index contributed by atoms with van der Waals surface area (Å²) in [5.41, 5.74) is 9.74. The van der Waals surface area contributed by atoms with Crippen molar-refractivity contribution in [3.05, 3.63) is 78.6 Å². The second-order valence-electron chi connectivity index (χ2n) is 9.12. The number of anilines is 3. The molecule has 9 nitrogen and oxygen atoms in total. The molecular formula is C26H22FN7O2. The van der Waals surface area contributed by atoms with Crippen molar-refractivity contribution in [2.24, 2.45) is 0 Å². The Balaban J connectivity index is 1.27. The Morgan fingerprint density at radius 3 is 2.67 bits per heavy atom. The van der Waals surface area contributed by atoms with E-state index in [1.54, 1.807) is 12.1 Å². The van der Waals surface area contributed by atoms with Crippen LogP contribution in [0.3, 0.4) is 0 Å². The number of aromatic nitrogens is 4. The molecule has 0 atom stereocenters. The highest BCUT2D eigenvalue weighted by Crippen LogP contribution is 2.47. The first-order valence-electron chi connectivity index (χ1n) is 11.4. The van der Waals surface area contributed by atoms with Crippen LogP contribution in [0.25, 0.3) is 27.8 Å². The number of urea groups is 1. The van der Waals surface area contributed by atoms with E-state index in [0.717, 1.165) is 24.2 Å². The van der Waals surface area contributed by atoms with Crippen LogP contribution in [-0.4, -0.2) is 25.7 Å². The molecular weight excluding hydrogens is 461 g/mol. The number of nitrogen functional groups attached to an aromatic ring is 1. The fourth-order valence-corrected chi connectivity index (χ4v) is 4.20. The Kier molecular flexibility index (Phi) is 4.96. The third-order valence-corrected chi connectivity index (χ3v) is 6.54. The highest BCUT2D eigenvalue weighted by Gasteiger charge is 2.42. The van der Waals surface area contributed by atoms with E-state index in [1.165, 1.54) is 18.5 Å². The first-order valence-corrected chi connectivity index (χ1v) is 11.4. The van der Waals surface area contributed by atoms with Crippen LogP contribution >= 0.6 is 0 Å². The van der Waals surface area contributed by atoms with Gasteiger partial charge in [-0.2, -0.15) is 0 Å². The summed E-state index contributed by atoms with van der Waals surface area (Å²) < 4.78 is 22.2. The number of nitrogens with two attached hydrogens (primary N) is 1. The predicted octanol–water partition coefficient (Wildman–Crippen LogP) is 5.49. The van der Waals surface area contributed by atoms with Crippen LogP contribution < -0.4 is 16.4 Å². The average molecular weight is 484 g/mol. The normalized spacial score (nSPS) is 14.1. The van der Waals surface area contributed by atoms with Crippen LogP contribution in [0.4, 0.5) is 26.6 Å². The van der Waals surface area contributed by atoms with Crippen molar-refractivity contribution in [2.75, 3.05) is 16.4 Å². The van der Waals surface area contributed by atoms with Gasteiger partial charge in [0, 0.05) is 28.9 Å². The molecule has 0 aliphatic heterocycles. The number of rotatable bonds is 5. The lowest BCUT2D eigenvalue weighted by atomic mass is 10.1. The maximum atomic E-state index is 15.1. The fourth-order valence-electron chi connectivity index (χ4n) is 4.20. The summed E-state index contributed by atoms with van der Waals surface area (Å²) in [4.78, 5) is 21.0. The molecule has 0 spiro atoms. The van der Waals surface area contributed by atoms with Gasteiger partial charge in [0.2, 0.25) is 5.88 Å². The van der Waals surface area contributed by atoms with E-state index in [4.69, 9.17) is 10.3 Å². The number of para-hydroxylation sites is 1. The fraction of sp³-hybridized carbons (Fsp3) is 0.154. The Morgan fingerprint density at radius 1 is 1.11 bits per heavy atom. The zero-order valence-electron chi connectivity index (χ0n) is 19.3. The first-order chi connectivity index (χ1) is 17.4. The number of halogens is 1. The molecule has 6 rings (SSSR count). The smallest absolute Gasteiger partial charge is 0.326 e. The molecule has 180 valence electrons. The zero-order valence-corrected chi connectivity index (χ0v) is 19.3. The molecule has 10 heteroatoms. The van der Waals surface area contributed by atoms with Crippen LogP contribution in [0.1, 0.15) is 25.5 Å². The number of nitrogens with zero attached hydrogens (tertiary/aromatic N) is 4. The van der Waals surface area contributed by atoms with Gasteiger partial charge in [0.15, 0.2) is 5.65 Å². The van der Waals surface area contributed by atoms with Crippen molar-refractivity contribution in [3.63, 3.8) is 0 Å². The largest absolute Gasteiger partial charge is 0.383 e. The van der Waals surface area contributed by atoms with Crippen molar-refractivity contribution in [2.45, 2.75) is 25.2 Å². The molecule has 1 fully saturated rings. The van der Waals surface area contributed by atoms with Crippen LogP contribution in [-0.2, 0) is 5.41 Å². The van der Waals surface area contributed by atoms with Gasteiger partial charge in [-0.05, 0) is 42.7 Å². The zero-order chi connectivity index (χ0) is 24.9. The first kappa shape index (κ1) is 21.8. The topological polar surface area (TPSA) is 124 Å². The van der Waals surface area contributed by atoms with Gasteiger partial charge in [0.25, 0.3) is 0 Å². The molecule has 4 N–H and O–H groups in total. The summed E-state index contributed by atoms with van der Waals surface area (Å²) in [7, 11) is 0. The highest BCUT2D eigenvalue weighted by atomic mass is 19.1. The molecule has 1 aliphatic carbocycles. The monoisotopic (exact) mass is 483 g/mol. The van der Waals surface area contributed by atoms with Crippen molar-refractivity contribution in [1.82, 2.24) is 19.7 Å². The number of nitrogens with one attached hydrogen (secondary N) is 2. The summed E-state index contributed by atoms with van der Waals surface area (Å²) in [5, 5.41) is 9.70. The van der Waals surface area contributed by atoms with Crippen molar-refractivity contribution in [3.8, 4) is 16.8 Å². The molecule has 0 radical (unpaired) electrons. The van der Waals surface area contributed by atoms with Gasteiger partial charge >= 0.3 is 6.03 Å². The molecule has 36 heavy (non-hydrogen) atoms. The lowest BCUT2D eigenvalue weighted by molar-refractivity contribution is 0.261. The van der Waals surface area contributed by atoms with Crippen molar-refractivity contribution >= 4 is 34.5 Å². The van der Waals surface area contributed by atoms with Gasteiger partial charge in [-0.3, -0.25) is 5.32 Å². The van der Waals surface area contributed by atoms with Gasteiger partial charge in [-0.25, -0.2) is 19.2 Å². The molecule has 2 aromatic carbocycles. The number of benzene rings is 2. The lowest BCUT2D eigenvalue weighted by Crippen LogP contribution is -2.19. The van der Waals surface area contributed by atoms with Crippen molar-refractivity contribution in [1.29, 1.82) is 0 Å². The number of carbonyl (C=O) groups excluding carboxylic acids is 1. The van der Waals surface area contributed by atoms with Gasteiger partial charge in [-0.15, -0.1) is 0 Å². The molecule has 3 aromatic heterocycles. The summed E-state index contributed by atoms with van der Waals surface area (Å²) >= 11 is 0. The van der Waals surface area contributed by atoms with Crippen LogP contribution in [0.15, 0.2) is 71.6 Å². The summed E-state index contributed by atoms with van der Waals surface area (Å²) in [6, 6.07) is 15.2. The number of hydrogen-bond acceptors (Lipinski definition) is 6. The minimum absolute atomic E-state index is 0.0138. The van der Waals surface area contributed by atoms with Crippen LogP contribution in [0.5, 0.6) is 0 Å². The van der Waals surface area contributed by atoms with Crippen LogP contribution in [0, 0.1) is 5.82 Å². The van der Waals surface area contributed by atoms with E-state index in [0.29, 0.717) is 22.2 Å². The van der Waals surface area contributed by atoms with Gasteiger partial charge in [-0.1, -0.05) is 36.3 Å². The minimum Gasteiger partial charge on any atom is -0.383 e. The van der Waals surface area contributed by atoms with E-state index >= 15 is 4.39 Å². The van der Waals surface area contributed by atoms with E-state index in [-0.39, 0.29) is 22.8 Å². The second kappa shape index (κ2) is 8.19. The number of hydrogen-bond donors (Lipinski definition) is 3. The molecule has 1 aliphatic rings. The Labute approximate surface area is 205 Å². The lowest BCUT2D eigenvalue weighted by Gasteiger charge is -2.08. The third kappa shape index (κ3) is 3.82. The van der Waals surface area contributed by atoms with E-state index in [2.05, 4.69) is 32.7 Å². The molecule has 0 unspecified atom stereocenters. The molecule has 1 saturated carbocycles. The average Bonchev–Trinajstić information content (AvgIpc) is 3.27. The summed E-state index contributed by atoms with van der Waals surface area (Å²) in [6.45, 7) is 2.09.